The lowest BCUT2D eigenvalue weighted by molar-refractivity contribution is -0.154. The number of carbonyl (C=O) groups is 1. The van der Waals surface area contributed by atoms with E-state index in [1.165, 1.54) is 0 Å². The fourth-order valence-electron chi connectivity index (χ4n) is 3.24. The summed E-state index contributed by atoms with van der Waals surface area (Å²) in [5, 5.41) is 2.72. The van der Waals surface area contributed by atoms with Gasteiger partial charge < -0.3 is 9.30 Å². The maximum atomic E-state index is 12.3. The van der Waals surface area contributed by atoms with Crippen LogP contribution < -0.4 is 0 Å². The van der Waals surface area contributed by atoms with Crippen LogP contribution in [0, 0.1) is 0 Å². The third-order valence-corrected chi connectivity index (χ3v) is 4.78. The smallest absolute Gasteiger partial charge is 0.310 e. The van der Waals surface area contributed by atoms with E-state index in [2.05, 4.69) is 9.55 Å². The predicted octanol–water partition coefficient (Wildman–Crippen LogP) is 4.18. The number of aromatic nitrogens is 2. The molecule has 4 nitrogen and oxygen atoms in total. The molecule has 0 bridgehead atoms. The molecule has 0 aliphatic heterocycles. The van der Waals surface area contributed by atoms with Crippen molar-refractivity contribution in [3.8, 4) is 0 Å². The molecule has 122 valence electrons. The first-order valence-corrected chi connectivity index (χ1v) is 8.41. The second-order valence-electron chi connectivity index (χ2n) is 6.21. The van der Waals surface area contributed by atoms with Crippen LogP contribution in [0.2, 0.25) is 5.02 Å². The average molecular weight is 341 g/mol. The summed E-state index contributed by atoms with van der Waals surface area (Å²) < 4.78 is 7.66. The molecular formula is C19H17ClN2O2. The third-order valence-electron chi connectivity index (χ3n) is 4.56. The maximum absolute atomic E-state index is 12.3. The monoisotopic (exact) mass is 340 g/mol. The zero-order chi connectivity index (χ0) is 16.5. The van der Waals surface area contributed by atoms with E-state index in [9.17, 15) is 4.79 Å². The van der Waals surface area contributed by atoms with Gasteiger partial charge in [-0.15, -0.1) is 0 Å². The van der Waals surface area contributed by atoms with Gasteiger partial charge in [-0.25, -0.2) is 4.98 Å². The lowest BCUT2D eigenvalue weighted by Crippen LogP contribution is -2.34. The Kier molecular flexibility index (Phi) is 3.98. The Morgan fingerprint density at radius 3 is 2.92 bits per heavy atom. The largest absolute Gasteiger partial charge is 0.462 e. The van der Waals surface area contributed by atoms with Crippen molar-refractivity contribution in [3.63, 3.8) is 0 Å². The van der Waals surface area contributed by atoms with Crippen LogP contribution in [0.4, 0.5) is 0 Å². The van der Waals surface area contributed by atoms with Crippen LogP contribution in [0.25, 0.3) is 10.8 Å². The van der Waals surface area contributed by atoms with Crippen LogP contribution >= 0.6 is 11.6 Å². The van der Waals surface area contributed by atoms with Crippen molar-refractivity contribution < 1.29 is 9.53 Å². The Labute approximate surface area is 145 Å². The first kappa shape index (κ1) is 15.2. The van der Waals surface area contributed by atoms with E-state index in [4.69, 9.17) is 16.3 Å². The van der Waals surface area contributed by atoms with Crippen LogP contribution in [-0.2, 0) is 16.0 Å². The van der Waals surface area contributed by atoms with E-state index in [-0.39, 0.29) is 18.5 Å². The minimum Gasteiger partial charge on any atom is -0.462 e. The number of fused-ring (bicyclic) bond motifs is 1. The van der Waals surface area contributed by atoms with Crippen LogP contribution in [-0.4, -0.2) is 21.6 Å². The SMILES string of the molecule is O=C(Cc1cc(Cl)cc2ccccc12)OC1CC(n2ccnc2)C1. The number of hydrogen-bond acceptors (Lipinski definition) is 3. The molecule has 1 aliphatic carbocycles. The summed E-state index contributed by atoms with van der Waals surface area (Å²) in [5.41, 5.74) is 0.911. The third kappa shape index (κ3) is 3.02. The van der Waals surface area contributed by atoms with Gasteiger partial charge in [0.05, 0.1) is 12.7 Å². The number of rotatable bonds is 4. The van der Waals surface area contributed by atoms with E-state index in [1.54, 1.807) is 12.5 Å². The second kappa shape index (κ2) is 6.29. The van der Waals surface area contributed by atoms with E-state index in [1.807, 2.05) is 42.6 Å². The second-order valence-corrected chi connectivity index (χ2v) is 6.65. The van der Waals surface area contributed by atoms with Gasteiger partial charge in [-0.2, -0.15) is 0 Å². The molecule has 1 aliphatic rings. The number of benzene rings is 2. The highest BCUT2D eigenvalue weighted by Gasteiger charge is 2.33. The predicted molar refractivity (Wildman–Crippen MR) is 93.0 cm³/mol. The molecule has 1 heterocycles. The average Bonchev–Trinajstić information content (AvgIpc) is 3.04. The van der Waals surface area contributed by atoms with Gasteiger partial charge in [-0.1, -0.05) is 35.9 Å². The summed E-state index contributed by atoms with van der Waals surface area (Å²) in [6.07, 6.45) is 7.45. The van der Waals surface area contributed by atoms with E-state index < -0.39 is 0 Å². The Balaban J connectivity index is 1.40. The number of imidazole rings is 1. The summed E-state index contributed by atoms with van der Waals surface area (Å²) in [5.74, 6) is -0.198. The summed E-state index contributed by atoms with van der Waals surface area (Å²) >= 11 is 6.17. The van der Waals surface area contributed by atoms with Gasteiger partial charge in [0.2, 0.25) is 0 Å². The number of esters is 1. The first-order chi connectivity index (χ1) is 11.7. The summed E-state index contributed by atoms with van der Waals surface area (Å²) in [6, 6.07) is 12.1. The van der Waals surface area contributed by atoms with Crippen molar-refractivity contribution in [3.05, 3.63) is 65.7 Å². The molecule has 0 atom stereocenters. The number of carbonyl (C=O) groups excluding carboxylic acids is 1. The lowest BCUT2D eigenvalue weighted by atomic mass is 9.89. The minimum absolute atomic E-state index is 0.00431. The molecular weight excluding hydrogens is 324 g/mol. The molecule has 0 amide bonds. The normalized spacial score (nSPS) is 19.9. The highest BCUT2D eigenvalue weighted by molar-refractivity contribution is 6.31. The minimum atomic E-state index is -0.198. The van der Waals surface area contributed by atoms with Gasteiger partial charge in [0.1, 0.15) is 6.10 Å². The van der Waals surface area contributed by atoms with Crippen molar-refractivity contribution in [1.82, 2.24) is 9.55 Å². The molecule has 4 rings (SSSR count). The van der Waals surface area contributed by atoms with Crippen molar-refractivity contribution in [2.24, 2.45) is 0 Å². The molecule has 0 N–H and O–H groups in total. The number of ether oxygens (including phenoxy) is 1. The zero-order valence-corrected chi connectivity index (χ0v) is 13.8. The van der Waals surface area contributed by atoms with Gasteiger partial charge in [-0.3, -0.25) is 4.79 Å². The molecule has 1 fully saturated rings. The number of nitrogens with zero attached hydrogens (tertiary/aromatic N) is 2. The Morgan fingerprint density at radius 2 is 2.12 bits per heavy atom. The number of halogens is 1. The fourth-order valence-corrected chi connectivity index (χ4v) is 3.49. The quantitative estimate of drug-likeness (QED) is 0.669. The van der Waals surface area contributed by atoms with Crippen LogP contribution in [0.3, 0.4) is 0 Å². The van der Waals surface area contributed by atoms with Gasteiger partial charge in [-0.05, 0) is 28.5 Å². The fraction of sp³-hybridized carbons (Fsp3) is 0.263. The molecule has 0 radical (unpaired) electrons. The highest BCUT2D eigenvalue weighted by atomic mass is 35.5. The molecule has 2 aromatic carbocycles. The summed E-state index contributed by atoms with van der Waals surface area (Å²) in [7, 11) is 0. The number of hydrogen-bond donors (Lipinski definition) is 0. The summed E-state index contributed by atoms with van der Waals surface area (Å²) in [4.78, 5) is 16.3. The van der Waals surface area contributed by atoms with Gasteiger partial charge in [0.25, 0.3) is 0 Å². The molecule has 0 unspecified atom stereocenters. The Bertz CT molecular complexity index is 870. The summed E-state index contributed by atoms with van der Waals surface area (Å²) in [6.45, 7) is 0. The van der Waals surface area contributed by atoms with Gasteiger partial charge in [0, 0.05) is 36.3 Å². The van der Waals surface area contributed by atoms with Crippen LogP contribution in [0.15, 0.2) is 55.1 Å². The van der Waals surface area contributed by atoms with Crippen molar-refractivity contribution in [2.75, 3.05) is 0 Å². The van der Waals surface area contributed by atoms with Crippen LogP contribution in [0.5, 0.6) is 0 Å². The molecule has 1 saturated carbocycles. The standard InChI is InChI=1S/C19H17ClN2O2/c20-15-7-13-3-1-2-4-18(13)14(8-15)9-19(23)24-17-10-16(11-17)22-6-5-21-12-22/h1-8,12,16-17H,9-11H2. The van der Waals surface area contributed by atoms with Crippen LogP contribution in [0.1, 0.15) is 24.4 Å². The van der Waals surface area contributed by atoms with Crippen molar-refractivity contribution in [1.29, 1.82) is 0 Å². The Morgan fingerprint density at radius 1 is 1.29 bits per heavy atom. The zero-order valence-electron chi connectivity index (χ0n) is 13.1. The van der Waals surface area contributed by atoms with E-state index >= 15 is 0 Å². The van der Waals surface area contributed by atoms with E-state index in [0.29, 0.717) is 11.1 Å². The van der Waals surface area contributed by atoms with Gasteiger partial charge >= 0.3 is 5.97 Å². The maximum Gasteiger partial charge on any atom is 0.310 e. The van der Waals surface area contributed by atoms with E-state index in [0.717, 1.165) is 29.2 Å². The van der Waals surface area contributed by atoms with Crippen molar-refractivity contribution in [2.45, 2.75) is 31.4 Å². The molecule has 0 spiro atoms. The molecule has 1 aromatic heterocycles. The first-order valence-electron chi connectivity index (χ1n) is 8.03. The van der Waals surface area contributed by atoms with Gasteiger partial charge in [0.15, 0.2) is 0 Å². The molecule has 5 heteroatoms. The topological polar surface area (TPSA) is 44.1 Å². The molecule has 3 aromatic rings. The molecule has 0 saturated heterocycles. The van der Waals surface area contributed by atoms with Crippen molar-refractivity contribution >= 4 is 28.3 Å². The molecule has 24 heavy (non-hydrogen) atoms. The Hall–Kier alpha value is -2.33. The highest BCUT2D eigenvalue weighted by Crippen LogP contribution is 2.34. The lowest BCUT2D eigenvalue weighted by Gasteiger charge is -2.35.